The summed E-state index contributed by atoms with van der Waals surface area (Å²) in [7, 11) is 0. The van der Waals surface area contributed by atoms with Gasteiger partial charge in [-0.1, -0.05) is 17.7 Å². The van der Waals surface area contributed by atoms with E-state index in [1.54, 1.807) is 0 Å². The van der Waals surface area contributed by atoms with Crippen molar-refractivity contribution in [1.82, 2.24) is 0 Å². The summed E-state index contributed by atoms with van der Waals surface area (Å²) in [4.78, 5) is 0. The Hall–Kier alpha value is -1.87. The highest BCUT2D eigenvalue weighted by atomic mass is 35.5. The van der Waals surface area contributed by atoms with Crippen molar-refractivity contribution in [3.05, 3.63) is 47.0 Å². The Bertz CT molecular complexity index is 611. The minimum absolute atomic E-state index is 0.0846. The van der Waals surface area contributed by atoms with E-state index in [-0.39, 0.29) is 6.10 Å². The molecule has 2 aromatic carbocycles. The van der Waals surface area contributed by atoms with Gasteiger partial charge >= 0.3 is 0 Å². The van der Waals surface area contributed by atoms with Crippen LogP contribution in [0.5, 0.6) is 5.75 Å². The largest absolute Gasteiger partial charge is 0.489 e. The highest BCUT2D eigenvalue weighted by Crippen LogP contribution is 2.29. The first-order chi connectivity index (χ1) is 9.45. The lowest BCUT2D eigenvalue weighted by Gasteiger charge is -2.14. The summed E-state index contributed by atoms with van der Waals surface area (Å²) < 4.78 is 5.68. The molecule has 20 heavy (non-hydrogen) atoms. The first-order valence-corrected chi connectivity index (χ1v) is 6.93. The second kappa shape index (κ2) is 6.06. The van der Waals surface area contributed by atoms with E-state index in [9.17, 15) is 0 Å². The van der Waals surface area contributed by atoms with Crippen molar-refractivity contribution in [1.29, 1.82) is 0 Å². The van der Waals surface area contributed by atoms with Gasteiger partial charge in [0.05, 0.1) is 11.8 Å². The monoisotopic (exact) mass is 290 g/mol. The number of hydrogen-bond acceptors (Lipinski definition) is 3. The van der Waals surface area contributed by atoms with E-state index in [4.69, 9.17) is 22.1 Å². The Labute approximate surface area is 124 Å². The van der Waals surface area contributed by atoms with Crippen LogP contribution in [-0.4, -0.2) is 6.10 Å². The van der Waals surface area contributed by atoms with E-state index < -0.39 is 0 Å². The van der Waals surface area contributed by atoms with Crippen LogP contribution in [0.1, 0.15) is 19.4 Å². The maximum atomic E-state index is 6.12. The van der Waals surface area contributed by atoms with Crippen LogP contribution in [0.15, 0.2) is 36.4 Å². The van der Waals surface area contributed by atoms with Gasteiger partial charge in [0.15, 0.2) is 0 Å². The van der Waals surface area contributed by atoms with Crippen LogP contribution in [0.3, 0.4) is 0 Å². The summed E-state index contributed by atoms with van der Waals surface area (Å²) in [5, 5.41) is 4.03. The number of rotatable bonds is 4. The molecule has 0 saturated heterocycles. The fourth-order valence-corrected chi connectivity index (χ4v) is 1.99. The molecule has 2 aromatic rings. The number of nitrogens with two attached hydrogens (primary N) is 1. The predicted molar refractivity (Wildman–Crippen MR) is 86.1 cm³/mol. The van der Waals surface area contributed by atoms with Gasteiger partial charge in [-0.15, -0.1) is 0 Å². The third-order valence-corrected chi connectivity index (χ3v) is 3.24. The van der Waals surface area contributed by atoms with Crippen LogP contribution in [0.2, 0.25) is 5.02 Å². The van der Waals surface area contributed by atoms with Gasteiger partial charge in [-0.25, -0.2) is 0 Å². The van der Waals surface area contributed by atoms with Crippen LogP contribution in [-0.2, 0) is 0 Å². The average Bonchev–Trinajstić information content (AvgIpc) is 2.37. The zero-order valence-electron chi connectivity index (χ0n) is 11.9. The first-order valence-electron chi connectivity index (χ1n) is 6.55. The van der Waals surface area contributed by atoms with Crippen LogP contribution in [0.25, 0.3) is 0 Å². The third-order valence-electron chi connectivity index (χ3n) is 2.84. The standard InChI is InChI=1S/C16H19ClN2O/c1-10(2)20-16-9-13(6-7-15(16)18)19-12-5-4-11(3)14(17)8-12/h4-10,19H,18H2,1-3H3. The van der Waals surface area contributed by atoms with Crippen molar-refractivity contribution < 1.29 is 4.74 Å². The summed E-state index contributed by atoms with van der Waals surface area (Å²) in [6.07, 6.45) is 0.0846. The third kappa shape index (κ3) is 3.58. The lowest BCUT2D eigenvalue weighted by molar-refractivity contribution is 0.244. The Kier molecular flexibility index (Phi) is 4.40. The maximum Gasteiger partial charge on any atom is 0.144 e. The van der Waals surface area contributed by atoms with Crippen LogP contribution < -0.4 is 15.8 Å². The number of ether oxygens (including phenoxy) is 1. The van der Waals surface area contributed by atoms with Gasteiger partial charge < -0.3 is 15.8 Å². The molecule has 3 nitrogen and oxygen atoms in total. The Morgan fingerprint density at radius 3 is 2.40 bits per heavy atom. The molecular formula is C16H19ClN2O. The second-order valence-electron chi connectivity index (χ2n) is 5.01. The van der Waals surface area contributed by atoms with Gasteiger partial charge in [-0.2, -0.15) is 0 Å². The smallest absolute Gasteiger partial charge is 0.144 e. The Morgan fingerprint density at radius 1 is 1.10 bits per heavy atom. The molecule has 0 radical (unpaired) electrons. The van der Waals surface area contributed by atoms with Gasteiger partial charge in [-0.05, 0) is 50.6 Å². The van der Waals surface area contributed by atoms with Crippen molar-refractivity contribution in [3.63, 3.8) is 0 Å². The average molecular weight is 291 g/mol. The lowest BCUT2D eigenvalue weighted by atomic mass is 10.2. The molecule has 0 heterocycles. The molecule has 0 fully saturated rings. The van der Waals surface area contributed by atoms with E-state index in [0.29, 0.717) is 11.4 Å². The molecule has 0 aliphatic heterocycles. The van der Waals surface area contributed by atoms with Crippen molar-refractivity contribution in [3.8, 4) is 5.75 Å². The number of halogens is 1. The fourth-order valence-electron chi connectivity index (χ4n) is 1.81. The number of nitrogen functional groups attached to an aromatic ring is 1. The number of nitrogens with one attached hydrogen (secondary N) is 1. The molecular weight excluding hydrogens is 272 g/mol. The molecule has 106 valence electrons. The van der Waals surface area contributed by atoms with Gasteiger partial charge in [0, 0.05) is 22.5 Å². The minimum Gasteiger partial charge on any atom is -0.489 e. The van der Waals surface area contributed by atoms with Crippen molar-refractivity contribution in [2.45, 2.75) is 26.9 Å². The maximum absolute atomic E-state index is 6.12. The van der Waals surface area contributed by atoms with E-state index in [2.05, 4.69) is 5.32 Å². The topological polar surface area (TPSA) is 47.3 Å². The summed E-state index contributed by atoms with van der Waals surface area (Å²) in [5.41, 5.74) is 9.43. The van der Waals surface area contributed by atoms with E-state index in [1.165, 1.54) is 0 Å². The Morgan fingerprint density at radius 2 is 1.75 bits per heavy atom. The highest BCUT2D eigenvalue weighted by molar-refractivity contribution is 6.31. The minimum atomic E-state index is 0.0846. The molecule has 0 aliphatic carbocycles. The van der Waals surface area contributed by atoms with Crippen LogP contribution in [0, 0.1) is 6.92 Å². The molecule has 0 aliphatic rings. The van der Waals surface area contributed by atoms with Gasteiger partial charge in [0.25, 0.3) is 0 Å². The highest BCUT2D eigenvalue weighted by Gasteiger charge is 2.05. The quantitative estimate of drug-likeness (QED) is 0.798. The van der Waals surface area contributed by atoms with Crippen molar-refractivity contribution >= 4 is 28.7 Å². The summed E-state index contributed by atoms with van der Waals surface area (Å²) in [6.45, 7) is 5.92. The Balaban J connectivity index is 2.22. The first kappa shape index (κ1) is 14.5. The summed E-state index contributed by atoms with van der Waals surface area (Å²) in [6, 6.07) is 11.5. The van der Waals surface area contributed by atoms with Crippen molar-refractivity contribution in [2.24, 2.45) is 0 Å². The van der Waals surface area contributed by atoms with E-state index in [1.807, 2.05) is 57.2 Å². The van der Waals surface area contributed by atoms with Gasteiger partial charge in [-0.3, -0.25) is 0 Å². The SMILES string of the molecule is Cc1ccc(Nc2ccc(N)c(OC(C)C)c2)cc1Cl. The lowest BCUT2D eigenvalue weighted by Crippen LogP contribution is -2.07. The van der Waals surface area contributed by atoms with Gasteiger partial charge in [0.1, 0.15) is 5.75 Å². The molecule has 3 N–H and O–H groups in total. The fraction of sp³-hybridized carbons (Fsp3) is 0.250. The molecule has 0 bridgehead atoms. The molecule has 0 saturated carbocycles. The predicted octanol–water partition coefficient (Wildman–Crippen LogP) is 4.76. The molecule has 0 aromatic heterocycles. The molecule has 0 atom stereocenters. The molecule has 0 amide bonds. The molecule has 0 unspecified atom stereocenters. The van der Waals surface area contributed by atoms with E-state index >= 15 is 0 Å². The van der Waals surface area contributed by atoms with Crippen molar-refractivity contribution in [2.75, 3.05) is 11.1 Å². The number of benzene rings is 2. The number of hydrogen-bond donors (Lipinski definition) is 2. The van der Waals surface area contributed by atoms with Crippen LogP contribution in [0.4, 0.5) is 17.1 Å². The number of aryl methyl sites for hydroxylation is 1. The van der Waals surface area contributed by atoms with Gasteiger partial charge in [0.2, 0.25) is 0 Å². The zero-order chi connectivity index (χ0) is 14.7. The van der Waals surface area contributed by atoms with Crippen LogP contribution >= 0.6 is 11.6 Å². The van der Waals surface area contributed by atoms with E-state index in [0.717, 1.165) is 22.0 Å². The summed E-state index contributed by atoms with van der Waals surface area (Å²) >= 11 is 6.12. The normalized spacial score (nSPS) is 10.7. The number of anilines is 3. The zero-order valence-corrected chi connectivity index (χ0v) is 12.7. The molecule has 4 heteroatoms. The second-order valence-corrected chi connectivity index (χ2v) is 5.42. The molecule has 0 spiro atoms. The summed E-state index contributed by atoms with van der Waals surface area (Å²) in [5.74, 6) is 0.684. The molecule has 2 rings (SSSR count).